The number of amides is 1. The summed E-state index contributed by atoms with van der Waals surface area (Å²) in [4.78, 5) is 23.8. The highest BCUT2D eigenvalue weighted by Gasteiger charge is 2.12. The minimum Gasteiger partial charge on any atom is -0.497 e. The Balaban J connectivity index is 1.89. The molecule has 1 N–H and O–H groups in total. The molecule has 6 heteroatoms. The molecule has 0 saturated heterocycles. The second kappa shape index (κ2) is 8.57. The van der Waals surface area contributed by atoms with Crippen LogP contribution in [0.2, 0.25) is 0 Å². The second-order valence-corrected chi connectivity index (χ2v) is 4.78. The van der Waals surface area contributed by atoms with Crippen LogP contribution < -0.4 is 14.8 Å². The largest absolute Gasteiger partial charge is 0.497 e. The number of carbonyl (C=O) groups excluding carboxylic acids is 2. The van der Waals surface area contributed by atoms with Crippen LogP contribution in [0, 0.1) is 0 Å². The van der Waals surface area contributed by atoms with Crippen molar-refractivity contribution in [3.8, 4) is 11.5 Å². The summed E-state index contributed by atoms with van der Waals surface area (Å²) in [7, 11) is 1.54. The number of rotatable bonds is 7. The molecule has 24 heavy (non-hydrogen) atoms. The fourth-order valence-electron chi connectivity index (χ4n) is 1.98. The average Bonchev–Trinajstić information content (AvgIpc) is 2.61. The van der Waals surface area contributed by atoms with Gasteiger partial charge in [-0.1, -0.05) is 12.1 Å². The summed E-state index contributed by atoms with van der Waals surface area (Å²) in [6.45, 7) is 1.96. The first kappa shape index (κ1) is 17.3. The van der Waals surface area contributed by atoms with Crippen molar-refractivity contribution in [2.24, 2.45) is 0 Å². The van der Waals surface area contributed by atoms with Crippen LogP contribution in [0.15, 0.2) is 48.5 Å². The third-order valence-corrected chi connectivity index (χ3v) is 3.12. The number of ether oxygens (including phenoxy) is 3. The molecule has 126 valence electrons. The van der Waals surface area contributed by atoms with Gasteiger partial charge in [-0.15, -0.1) is 0 Å². The monoisotopic (exact) mass is 329 g/mol. The molecule has 0 spiro atoms. The molecule has 0 aliphatic heterocycles. The highest BCUT2D eigenvalue weighted by molar-refractivity contribution is 5.96. The quantitative estimate of drug-likeness (QED) is 0.791. The van der Waals surface area contributed by atoms with E-state index in [2.05, 4.69) is 5.32 Å². The standard InChI is InChI=1S/C18H19NO5/c1-3-23-16-7-5-4-6-15(16)19-17(20)12-24-18(21)13-8-10-14(22-2)11-9-13/h4-11H,3,12H2,1-2H3,(H,19,20). The number of carbonyl (C=O) groups is 2. The van der Waals surface area contributed by atoms with Crippen molar-refractivity contribution in [1.29, 1.82) is 0 Å². The van der Waals surface area contributed by atoms with E-state index in [-0.39, 0.29) is 6.61 Å². The Morgan fingerprint density at radius 3 is 2.42 bits per heavy atom. The van der Waals surface area contributed by atoms with Crippen molar-refractivity contribution in [2.75, 3.05) is 25.6 Å². The Labute approximate surface area is 140 Å². The topological polar surface area (TPSA) is 73.9 Å². The third-order valence-electron chi connectivity index (χ3n) is 3.12. The van der Waals surface area contributed by atoms with E-state index in [9.17, 15) is 9.59 Å². The smallest absolute Gasteiger partial charge is 0.338 e. The van der Waals surface area contributed by atoms with Gasteiger partial charge in [0.15, 0.2) is 6.61 Å². The first-order valence-corrected chi connectivity index (χ1v) is 7.47. The molecule has 0 bridgehead atoms. The predicted molar refractivity (Wildman–Crippen MR) is 89.5 cm³/mol. The maximum Gasteiger partial charge on any atom is 0.338 e. The summed E-state index contributed by atoms with van der Waals surface area (Å²) in [5.41, 5.74) is 0.878. The summed E-state index contributed by atoms with van der Waals surface area (Å²) in [5.74, 6) is 0.182. The maximum atomic E-state index is 11.9. The van der Waals surface area contributed by atoms with Gasteiger partial charge < -0.3 is 19.5 Å². The molecule has 0 aromatic heterocycles. The number of esters is 1. The Bertz CT molecular complexity index is 697. The second-order valence-electron chi connectivity index (χ2n) is 4.78. The number of para-hydroxylation sites is 2. The Morgan fingerprint density at radius 1 is 1.04 bits per heavy atom. The summed E-state index contributed by atoms with van der Waals surface area (Å²) in [6, 6.07) is 13.5. The molecule has 0 heterocycles. The molecule has 0 atom stereocenters. The summed E-state index contributed by atoms with van der Waals surface area (Å²) >= 11 is 0. The van der Waals surface area contributed by atoms with E-state index in [1.807, 2.05) is 13.0 Å². The number of nitrogens with one attached hydrogen (secondary N) is 1. The lowest BCUT2D eigenvalue weighted by Crippen LogP contribution is -2.21. The van der Waals surface area contributed by atoms with E-state index in [4.69, 9.17) is 14.2 Å². The van der Waals surface area contributed by atoms with Gasteiger partial charge in [-0.25, -0.2) is 4.79 Å². The van der Waals surface area contributed by atoms with Gasteiger partial charge in [0.2, 0.25) is 0 Å². The molecule has 2 aromatic carbocycles. The van der Waals surface area contributed by atoms with Gasteiger partial charge >= 0.3 is 5.97 Å². The summed E-state index contributed by atoms with van der Waals surface area (Å²) < 4.78 is 15.4. The molecule has 0 aliphatic carbocycles. The first-order chi connectivity index (χ1) is 11.6. The predicted octanol–water partition coefficient (Wildman–Crippen LogP) is 2.89. The molecule has 2 rings (SSSR count). The molecule has 0 unspecified atom stereocenters. The van der Waals surface area contributed by atoms with Gasteiger partial charge in [-0.2, -0.15) is 0 Å². The van der Waals surface area contributed by atoms with Crippen molar-refractivity contribution in [3.05, 3.63) is 54.1 Å². The Kier molecular flexibility index (Phi) is 6.19. The molecule has 0 radical (unpaired) electrons. The van der Waals surface area contributed by atoms with Gasteiger partial charge in [0, 0.05) is 0 Å². The zero-order valence-corrected chi connectivity index (χ0v) is 13.6. The van der Waals surface area contributed by atoms with Gasteiger partial charge in [0.25, 0.3) is 5.91 Å². The van der Waals surface area contributed by atoms with E-state index in [0.29, 0.717) is 29.4 Å². The highest BCUT2D eigenvalue weighted by Crippen LogP contribution is 2.23. The summed E-state index contributed by atoms with van der Waals surface area (Å²) in [6.07, 6.45) is 0. The van der Waals surface area contributed by atoms with Crippen molar-refractivity contribution in [3.63, 3.8) is 0 Å². The fraction of sp³-hybridized carbons (Fsp3) is 0.222. The van der Waals surface area contributed by atoms with Crippen LogP contribution in [0.4, 0.5) is 5.69 Å². The van der Waals surface area contributed by atoms with Crippen LogP contribution in [0.5, 0.6) is 11.5 Å². The molecule has 1 amide bonds. The molecule has 0 aliphatic rings. The van der Waals surface area contributed by atoms with Gasteiger partial charge in [0.05, 0.1) is 25.0 Å². The van der Waals surface area contributed by atoms with Crippen molar-refractivity contribution < 1.29 is 23.8 Å². The number of hydrogen-bond donors (Lipinski definition) is 1. The van der Waals surface area contributed by atoms with Crippen LogP contribution in [0.25, 0.3) is 0 Å². The summed E-state index contributed by atoms with van der Waals surface area (Å²) in [5, 5.41) is 2.66. The van der Waals surface area contributed by atoms with Gasteiger partial charge in [0.1, 0.15) is 11.5 Å². The van der Waals surface area contributed by atoms with E-state index in [1.54, 1.807) is 42.5 Å². The lowest BCUT2D eigenvalue weighted by Gasteiger charge is -2.11. The number of methoxy groups -OCH3 is 1. The van der Waals surface area contributed by atoms with Crippen LogP contribution in [0.1, 0.15) is 17.3 Å². The third kappa shape index (κ3) is 4.74. The van der Waals surface area contributed by atoms with Gasteiger partial charge in [-0.05, 0) is 43.3 Å². The zero-order valence-electron chi connectivity index (χ0n) is 13.6. The minimum absolute atomic E-state index is 0.346. The Hall–Kier alpha value is -3.02. The maximum absolute atomic E-state index is 11.9. The van der Waals surface area contributed by atoms with E-state index >= 15 is 0 Å². The lowest BCUT2D eigenvalue weighted by atomic mass is 10.2. The number of anilines is 1. The molecule has 2 aromatic rings. The van der Waals surface area contributed by atoms with Crippen molar-refractivity contribution >= 4 is 17.6 Å². The zero-order chi connectivity index (χ0) is 17.4. The molecular formula is C18H19NO5. The molecule has 6 nitrogen and oxygen atoms in total. The van der Waals surface area contributed by atoms with Crippen molar-refractivity contribution in [1.82, 2.24) is 0 Å². The van der Waals surface area contributed by atoms with Crippen LogP contribution >= 0.6 is 0 Å². The van der Waals surface area contributed by atoms with Crippen LogP contribution in [-0.2, 0) is 9.53 Å². The average molecular weight is 329 g/mol. The Morgan fingerprint density at radius 2 is 1.75 bits per heavy atom. The molecule has 0 fully saturated rings. The SMILES string of the molecule is CCOc1ccccc1NC(=O)COC(=O)c1ccc(OC)cc1. The first-order valence-electron chi connectivity index (χ1n) is 7.47. The fourth-order valence-corrected chi connectivity index (χ4v) is 1.98. The van der Waals surface area contributed by atoms with E-state index in [1.165, 1.54) is 7.11 Å². The normalized spacial score (nSPS) is 9.92. The minimum atomic E-state index is -0.578. The number of hydrogen-bond acceptors (Lipinski definition) is 5. The number of benzene rings is 2. The van der Waals surface area contributed by atoms with E-state index < -0.39 is 11.9 Å². The van der Waals surface area contributed by atoms with Crippen LogP contribution in [-0.4, -0.2) is 32.2 Å². The lowest BCUT2D eigenvalue weighted by molar-refractivity contribution is -0.119. The van der Waals surface area contributed by atoms with E-state index in [0.717, 1.165) is 0 Å². The molecule has 0 saturated carbocycles. The van der Waals surface area contributed by atoms with Crippen molar-refractivity contribution in [2.45, 2.75) is 6.92 Å². The van der Waals surface area contributed by atoms with Crippen LogP contribution in [0.3, 0.4) is 0 Å². The molecular weight excluding hydrogens is 310 g/mol. The van der Waals surface area contributed by atoms with Gasteiger partial charge in [-0.3, -0.25) is 4.79 Å². The highest BCUT2D eigenvalue weighted by atomic mass is 16.5.